The number of ether oxygens (including phenoxy) is 1. The average Bonchev–Trinajstić information content (AvgIpc) is 2.41. The molecule has 1 fully saturated rings. The third kappa shape index (κ3) is 2.90. The first-order chi connectivity index (χ1) is 9.45. The zero-order valence-electron chi connectivity index (χ0n) is 11.9. The van der Waals surface area contributed by atoms with Gasteiger partial charge in [0.15, 0.2) is 0 Å². The van der Waals surface area contributed by atoms with E-state index in [1.807, 2.05) is 24.3 Å². The molecule has 0 saturated carbocycles. The summed E-state index contributed by atoms with van der Waals surface area (Å²) in [7, 11) is 0. The number of carbonyl (C=O) groups is 1. The molecular weight excluding hydrogens is 290 g/mol. The van der Waals surface area contributed by atoms with E-state index in [0.717, 1.165) is 16.3 Å². The van der Waals surface area contributed by atoms with Crippen molar-refractivity contribution in [1.29, 1.82) is 0 Å². The van der Waals surface area contributed by atoms with Crippen molar-refractivity contribution in [3.63, 3.8) is 0 Å². The highest BCUT2D eigenvalue weighted by Gasteiger charge is 2.37. The maximum absolute atomic E-state index is 11.5. The molecule has 4 nitrogen and oxygen atoms in total. The van der Waals surface area contributed by atoms with Crippen LogP contribution in [0.25, 0.3) is 10.8 Å². The van der Waals surface area contributed by atoms with Crippen LogP contribution in [-0.4, -0.2) is 17.8 Å². The van der Waals surface area contributed by atoms with E-state index >= 15 is 0 Å². The Morgan fingerprint density at radius 1 is 1.19 bits per heavy atom. The molecule has 5 heteroatoms. The van der Waals surface area contributed by atoms with Gasteiger partial charge >= 0.3 is 6.09 Å². The summed E-state index contributed by atoms with van der Waals surface area (Å²) in [6.45, 7) is 4.54. The van der Waals surface area contributed by atoms with Gasteiger partial charge < -0.3 is 15.2 Å². The van der Waals surface area contributed by atoms with E-state index in [1.54, 1.807) is 12.1 Å². The Morgan fingerprint density at radius 2 is 1.86 bits per heavy atom. The fraction of sp³-hybridized carbons (Fsp3) is 0.312. The van der Waals surface area contributed by atoms with Crippen LogP contribution >= 0.6 is 12.4 Å². The number of amides is 1. The third-order valence-electron chi connectivity index (χ3n) is 3.80. The molecule has 2 aromatic rings. The molecule has 1 amide bonds. The standard InChI is InChI=1S/C16H17NO3.ClH/c1-16(2)9-20-15(19)17-14(16)12-4-3-11-8-13(18)6-5-10(11)7-12;/h3-8,14,18H,9H2,1-2H3,(H,17,19);1H/t14-;/m0./s1. The molecule has 3 rings (SSSR count). The lowest BCUT2D eigenvalue weighted by Crippen LogP contribution is -2.46. The summed E-state index contributed by atoms with van der Waals surface area (Å²) in [4.78, 5) is 11.5. The molecular formula is C16H18ClNO3. The fourth-order valence-corrected chi connectivity index (χ4v) is 2.66. The van der Waals surface area contributed by atoms with E-state index in [9.17, 15) is 9.90 Å². The van der Waals surface area contributed by atoms with Crippen LogP contribution in [0.5, 0.6) is 5.75 Å². The highest BCUT2D eigenvalue weighted by atomic mass is 35.5. The van der Waals surface area contributed by atoms with Crippen molar-refractivity contribution in [3.8, 4) is 5.75 Å². The molecule has 2 aromatic carbocycles. The predicted octanol–water partition coefficient (Wildman–Crippen LogP) is 3.77. The second kappa shape index (κ2) is 5.45. The highest BCUT2D eigenvalue weighted by molar-refractivity contribution is 5.85. The van der Waals surface area contributed by atoms with Crippen molar-refractivity contribution in [2.45, 2.75) is 19.9 Å². The second-order valence-corrected chi connectivity index (χ2v) is 5.93. The van der Waals surface area contributed by atoms with Crippen molar-refractivity contribution in [3.05, 3.63) is 42.0 Å². The molecule has 0 unspecified atom stereocenters. The number of cyclic esters (lactones) is 1. The number of phenols is 1. The summed E-state index contributed by atoms with van der Waals surface area (Å²) in [6.07, 6.45) is -0.375. The molecule has 1 saturated heterocycles. The number of nitrogens with one attached hydrogen (secondary N) is 1. The van der Waals surface area contributed by atoms with Gasteiger partial charge in [0.25, 0.3) is 0 Å². The van der Waals surface area contributed by atoms with E-state index in [1.165, 1.54) is 0 Å². The fourth-order valence-electron chi connectivity index (χ4n) is 2.66. The maximum Gasteiger partial charge on any atom is 0.407 e. The van der Waals surface area contributed by atoms with Crippen LogP contribution in [0.1, 0.15) is 25.5 Å². The second-order valence-electron chi connectivity index (χ2n) is 5.93. The van der Waals surface area contributed by atoms with Crippen molar-refractivity contribution < 1.29 is 14.6 Å². The van der Waals surface area contributed by atoms with Gasteiger partial charge in [-0.25, -0.2) is 4.79 Å². The molecule has 1 aliphatic heterocycles. The third-order valence-corrected chi connectivity index (χ3v) is 3.80. The zero-order chi connectivity index (χ0) is 14.3. The van der Waals surface area contributed by atoms with E-state index in [2.05, 4.69) is 19.2 Å². The molecule has 112 valence electrons. The number of fused-ring (bicyclic) bond motifs is 1. The maximum atomic E-state index is 11.5. The summed E-state index contributed by atoms with van der Waals surface area (Å²) < 4.78 is 5.06. The quantitative estimate of drug-likeness (QED) is 0.843. The van der Waals surface area contributed by atoms with Crippen molar-refractivity contribution in [2.24, 2.45) is 5.41 Å². The Kier molecular flexibility index (Phi) is 4.01. The molecule has 0 aliphatic carbocycles. The van der Waals surface area contributed by atoms with Gasteiger partial charge in [-0.3, -0.25) is 0 Å². The van der Waals surface area contributed by atoms with Crippen molar-refractivity contribution in [1.82, 2.24) is 5.32 Å². The molecule has 1 atom stereocenters. The molecule has 0 spiro atoms. The Hall–Kier alpha value is -1.94. The van der Waals surface area contributed by atoms with Gasteiger partial charge in [-0.1, -0.05) is 32.0 Å². The summed E-state index contributed by atoms with van der Waals surface area (Å²) >= 11 is 0. The monoisotopic (exact) mass is 307 g/mol. The number of hydrogen-bond donors (Lipinski definition) is 2. The van der Waals surface area contributed by atoms with Crippen LogP contribution < -0.4 is 5.32 Å². The lowest BCUT2D eigenvalue weighted by molar-refractivity contribution is 0.0388. The van der Waals surface area contributed by atoms with Gasteiger partial charge in [-0.05, 0) is 34.5 Å². The highest BCUT2D eigenvalue weighted by Crippen LogP contribution is 2.37. The topological polar surface area (TPSA) is 58.6 Å². The first-order valence-corrected chi connectivity index (χ1v) is 6.62. The van der Waals surface area contributed by atoms with Gasteiger partial charge in [0.1, 0.15) is 12.4 Å². The van der Waals surface area contributed by atoms with E-state index in [-0.39, 0.29) is 35.7 Å². The Bertz CT molecular complexity index is 684. The van der Waals surface area contributed by atoms with E-state index in [4.69, 9.17) is 4.74 Å². The van der Waals surface area contributed by atoms with Crippen LogP contribution in [0.3, 0.4) is 0 Å². The normalized spacial score (nSPS) is 20.3. The summed E-state index contributed by atoms with van der Waals surface area (Å²) in [5, 5.41) is 14.4. The minimum Gasteiger partial charge on any atom is -0.508 e. The number of benzene rings is 2. The molecule has 2 N–H and O–H groups in total. The first kappa shape index (κ1) is 15.4. The Balaban J connectivity index is 0.00000161. The van der Waals surface area contributed by atoms with Crippen molar-refractivity contribution >= 4 is 29.3 Å². The number of aromatic hydroxyl groups is 1. The average molecular weight is 308 g/mol. The number of phenolic OH excluding ortho intramolecular Hbond substituents is 1. The Morgan fingerprint density at radius 3 is 2.62 bits per heavy atom. The SMILES string of the molecule is CC1(C)COC(=O)N[C@H]1c1ccc2cc(O)ccc2c1.Cl. The summed E-state index contributed by atoms with van der Waals surface area (Å²) in [5.41, 5.74) is 0.878. The lowest BCUT2D eigenvalue weighted by atomic mass is 9.80. The minimum atomic E-state index is -0.375. The number of carbonyl (C=O) groups excluding carboxylic acids is 1. The van der Waals surface area contributed by atoms with E-state index in [0.29, 0.717) is 6.61 Å². The number of alkyl carbamates (subject to hydrolysis) is 1. The molecule has 0 radical (unpaired) electrons. The summed E-state index contributed by atoms with van der Waals surface area (Å²) in [6, 6.07) is 11.2. The Labute approximate surface area is 129 Å². The molecule has 1 heterocycles. The molecule has 21 heavy (non-hydrogen) atoms. The van der Waals surface area contributed by atoms with Gasteiger partial charge in [0, 0.05) is 5.41 Å². The van der Waals surface area contributed by atoms with Gasteiger partial charge in [0.05, 0.1) is 6.04 Å². The van der Waals surface area contributed by atoms with Crippen LogP contribution in [0.2, 0.25) is 0 Å². The van der Waals surface area contributed by atoms with Crippen LogP contribution in [-0.2, 0) is 4.74 Å². The number of hydrogen-bond acceptors (Lipinski definition) is 3. The summed E-state index contributed by atoms with van der Waals surface area (Å²) in [5.74, 6) is 0.255. The molecule has 0 bridgehead atoms. The molecule has 0 aromatic heterocycles. The van der Waals surface area contributed by atoms with Crippen LogP contribution in [0.15, 0.2) is 36.4 Å². The van der Waals surface area contributed by atoms with Gasteiger partial charge in [-0.15, -0.1) is 12.4 Å². The van der Waals surface area contributed by atoms with Crippen LogP contribution in [0.4, 0.5) is 4.79 Å². The largest absolute Gasteiger partial charge is 0.508 e. The minimum absolute atomic E-state index is 0. The molecule has 1 aliphatic rings. The van der Waals surface area contributed by atoms with Gasteiger partial charge in [0.2, 0.25) is 0 Å². The lowest BCUT2D eigenvalue weighted by Gasteiger charge is -2.38. The van der Waals surface area contributed by atoms with Gasteiger partial charge in [-0.2, -0.15) is 0 Å². The first-order valence-electron chi connectivity index (χ1n) is 6.62. The number of rotatable bonds is 1. The van der Waals surface area contributed by atoms with Crippen LogP contribution in [0, 0.1) is 5.41 Å². The smallest absolute Gasteiger partial charge is 0.407 e. The van der Waals surface area contributed by atoms with E-state index < -0.39 is 0 Å². The zero-order valence-corrected chi connectivity index (χ0v) is 12.7. The number of halogens is 1. The van der Waals surface area contributed by atoms with Crippen molar-refractivity contribution in [2.75, 3.05) is 6.61 Å². The predicted molar refractivity (Wildman–Crippen MR) is 83.9 cm³/mol.